The van der Waals surface area contributed by atoms with Crippen LogP contribution in [-0.2, 0) is 5.41 Å². The zero-order chi connectivity index (χ0) is 11.6. The molecule has 0 atom stereocenters. The zero-order valence-corrected chi connectivity index (χ0v) is 10.3. The van der Waals surface area contributed by atoms with Gasteiger partial charge >= 0.3 is 0 Å². The molecule has 16 heavy (non-hydrogen) atoms. The van der Waals surface area contributed by atoms with Crippen LogP contribution in [0.3, 0.4) is 0 Å². The van der Waals surface area contributed by atoms with Gasteiger partial charge < -0.3 is 0 Å². The molecule has 0 saturated carbocycles. The van der Waals surface area contributed by atoms with E-state index < -0.39 is 5.41 Å². The topological polar surface area (TPSA) is 27.0 Å². The monoisotopic (exact) mass is 254 g/mol. The van der Waals surface area contributed by atoms with Crippen molar-refractivity contribution in [1.29, 1.82) is 5.26 Å². The maximum atomic E-state index is 9.44. The van der Waals surface area contributed by atoms with E-state index in [9.17, 15) is 5.26 Å². The fourth-order valence-electron chi connectivity index (χ4n) is 2.15. The summed E-state index contributed by atoms with van der Waals surface area (Å²) in [7, 11) is 0. The van der Waals surface area contributed by atoms with Gasteiger partial charge in [0.25, 0.3) is 0 Å². The van der Waals surface area contributed by atoms with Crippen molar-refractivity contribution in [2.45, 2.75) is 18.3 Å². The summed E-state index contributed by atoms with van der Waals surface area (Å²) in [5.74, 6) is 0. The van der Waals surface area contributed by atoms with Gasteiger partial charge in [-0.2, -0.15) is 5.26 Å². The minimum atomic E-state index is -0.469. The lowest BCUT2D eigenvalue weighted by Gasteiger charge is -2.34. The van der Waals surface area contributed by atoms with Crippen molar-refractivity contribution in [1.82, 2.24) is 4.42 Å². The maximum absolute atomic E-state index is 9.44. The Labute approximate surface area is 105 Å². The second-order valence-electron chi connectivity index (χ2n) is 4.08. The Kier molecular flexibility index (Phi) is 3.39. The van der Waals surface area contributed by atoms with Gasteiger partial charge in [-0.3, -0.25) is 0 Å². The molecule has 84 valence electrons. The SMILES string of the molecule is N#CC1(c2ccccc2Cl)CCN(Cl)CC1. The van der Waals surface area contributed by atoms with Gasteiger partial charge in [-0.15, -0.1) is 0 Å². The summed E-state index contributed by atoms with van der Waals surface area (Å²) in [6.07, 6.45) is 1.47. The third-order valence-electron chi connectivity index (χ3n) is 3.17. The molecule has 0 N–H and O–H groups in total. The highest BCUT2D eigenvalue weighted by atomic mass is 35.5. The number of nitriles is 1. The first-order chi connectivity index (χ1) is 7.68. The second kappa shape index (κ2) is 4.63. The largest absolute Gasteiger partial charge is 0.220 e. The predicted octanol–water partition coefficient (Wildman–Crippen LogP) is 3.35. The van der Waals surface area contributed by atoms with E-state index >= 15 is 0 Å². The van der Waals surface area contributed by atoms with Crippen LogP contribution in [0.1, 0.15) is 18.4 Å². The van der Waals surface area contributed by atoms with Crippen LogP contribution >= 0.6 is 23.4 Å². The Balaban J connectivity index is 2.37. The van der Waals surface area contributed by atoms with Gasteiger partial charge in [0.2, 0.25) is 0 Å². The van der Waals surface area contributed by atoms with E-state index in [0.717, 1.165) is 31.5 Å². The minimum Gasteiger partial charge on any atom is -0.220 e. The van der Waals surface area contributed by atoms with Crippen molar-refractivity contribution in [3.05, 3.63) is 34.9 Å². The Morgan fingerprint density at radius 2 is 1.88 bits per heavy atom. The molecule has 2 nitrogen and oxygen atoms in total. The molecule has 1 aromatic rings. The number of hydrogen-bond donors (Lipinski definition) is 0. The number of hydrogen-bond acceptors (Lipinski definition) is 2. The van der Waals surface area contributed by atoms with Crippen LogP contribution < -0.4 is 0 Å². The van der Waals surface area contributed by atoms with E-state index in [1.54, 1.807) is 4.42 Å². The smallest absolute Gasteiger partial charge is 0.0862 e. The molecule has 1 heterocycles. The molecule has 0 unspecified atom stereocenters. The first kappa shape index (κ1) is 11.7. The number of nitrogens with zero attached hydrogens (tertiary/aromatic N) is 2. The summed E-state index contributed by atoms with van der Waals surface area (Å²) in [6, 6.07) is 10.0. The number of piperidine rings is 1. The van der Waals surface area contributed by atoms with Gasteiger partial charge in [0.15, 0.2) is 0 Å². The van der Waals surface area contributed by atoms with Crippen molar-refractivity contribution in [3.8, 4) is 6.07 Å². The summed E-state index contributed by atoms with van der Waals surface area (Å²) < 4.78 is 1.73. The molecule has 0 radical (unpaired) electrons. The van der Waals surface area contributed by atoms with Crippen molar-refractivity contribution in [2.75, 3.05) is 13.1 Å². The summed E-state index contributed by atoms with van der Waals surface area (Å²) in [4.78, 5) is 0. The van der Waals surface area contributed by atoms with Crippen LogP contribution in [0.15, 0.2) is 24.3 Å². The van der Waals surface area contributed by atoms with Gasteiger partial charge in [0.1, 0.15) is 0 Å². The highest BCUT2D eigenvalue weighted by Gasteiger charge is 2.37. The quantitative estimate of drug-likeness (QED) is 0.719. The third-order valence-corrected chi connectivity index (χ3v) is 3.83. The van der Waals surface area contributed by atoms with Gasteiger partial charge in [-0.05, 0) is 36.2 Å². The van der Waals surface area contributed by atoms with Gasteiger partial charge in [-0.1, -0.05) is 29.8 Å². The lowest BCUT2D eigenvalue weighted by atomic mass is 9.74. The normalized spacial score (nSPS) is 20.3. The molecule has 0 amide bonds. The Morgan fingerprint density at radius 3 is 2.44 bits per heavy atom. The standard InChI is InChI=1S/C12H12Cl2N2/c13-11-4-2-1-3-10(11)12(9-15)5-7-16(14)8-6-12/h1-4H,5-8H2. The second-order valence-corrected chi connectivity index (χ2v) is 4.97. The van der Waals surface area contributed by atoms with Crippen LogP contribution in [0.25, 0.3) is 0 Å². The van der Waals surface area contributed by atoms with Crippen LogP contribution in [0.4, 0.5) is 0 Å². The average molecular weight is 255 g/mol. The van der Waals surface area contributed by atoms with E-state index in [4.69, 9.17) is 23.4 Å². The summed E-state index contributed by atoms with van der Waals surface area (Å²) in [5.41, 5.74) is 0.466. The Morgan fingerprint density at radius 1 is 1.25 bits per heavy atom. The maximum Gasteiger partial charge on any atom is 0.0862 e. The van der Waals surface area contributed by atoms with Gasteiger partial charge in [0, 0.05) is 18.1 Å². The van der Waals surface area contributed by atoms with E-state index in [-0.39, 0.29) is 0 Å². The lowest BCUT2D eigenvalue weighted by molar-refractivity contribution is 0.287. The van der Waals surface area contributed by atoms with Crippen LogP contribution in [-0.4, -0.2) is 17.5 Å². The van der Waals surface area contributed by atoms with E-state index in [0.29, 0.717) is 5.02 Å². The third kappa shape index (κ3) is 2.04. The summed E-state index contributed by atoms with van der Waals surface area (Å²) in [5, 5.41) is 10.1. The Bertz CT molecular complexity index is 417. The zero-order valence-electron chi connectivity index (χ0n) is 8.79. The molecule has 2 rings (SSSR count). The van der Waals surface area contributed by atoms with Crippen LogP contribution in [0.2, 0.25) is 5.02 Å². The molecule has 4 heteroatoms. The summed E-state index contributed by atoms with van der Waals surface area (Å²) >= 11 is 12.1. The van der Waals surface area contributed by atoms with Crippen molar-refractivity contribution >= 4 is 23.4 Å². The first-order valence-electron chi connectivity index (χ1n) is 5.25. The van der Waals surface area contributed by atoms with Gasteiger partial charge in [0.05, 0.1) is 11.5 Å². The predicted molar refractivity (Wildman–Crippen MR) is 65.4 cm³/mol. The molecular weight excluding hydrogens is 243 g/mol. The molecule has 0 aromatic heterocycles. The molecular formula is C12H12Cl2N2. The molecule has 1 aliphatic heterocycles. The van der Waals surface area contributed by atoms with Crippen LogP contribution in [0.5, 0.6) is 0 Å². The van der Waals surface area contributed by atoms with E-state index in [1.807, 2.05) is 24.3 Å². The fraction of sp³-hybridized carbons (Fsp3) is 0.417. The van der Waals surface area contributed by atoms with Crippen molar-refractivity contribution < 1.29 is 0 Å². The fourth-order valence-corrected chi connectivity index (χ4v) is 2.64. The molecule has 1 saturated heterocycles. The average Bonchev–Trinajstić information content (AvgIpc) is 2.32. The number of benzene rings is 1. The highest BCUT2D eigenvalue weighted by molar-refractivity contribution is 6.31. The molecule has 0 aliphatic carbocycles. The van der Waals surface area contributed by atoms with Crippen LogP contribution in [0, 0.1) is 11.3 Å². The van der Waals surface area contributed by atoms with Crippen molar-refractivity contribution in [2.24, 2.45) is 0 Å². The minimum absolute atomic E-state index is 0.469. The molecule has 1 fully saturated rings. The number of rotatable bonds is 1. The van der Waals surface area contributed by atoms with E-state index in [1.165, 1.54) is 0 Å². The Hall–Kier alpha value is -0.750. The molecule has 1 aromatic carbocycles. The molecule has 0 spiro atoms. The van der Waals surface area contributed by atoms with Gasteiger partial charge in [-0.25, -0.2) is 4.42 Å². The lowest BCUT2D eigenvalue weighted by Crippen LogP contribution is -2.38. The molecule has 1 aliphatic rings. The molecule has 0 bridgehead atoms. The summed E-state index contributed by atoms with van der Waals surface area (Å²) in [6.45, 7) is 1.45. The highest BCUT2D eigenvalue weighted by Crippen LogP contribution is 2.38. The first-order valence-corrected chi connectivity index (χ1v) is 5.96. The van der Waals surface area contributed by atoms with Crippen molar-refractivity contribution in [3.63, 3.8) is 0 Å². The van der Waals surface area contributed by atoms with E-state index in [2.05, 4.69) is 6.07 Å². The number of halogens is 2.